The third kappa shape index (κ3) is 3.92. The molecule has 0 saturated heterocycles. The maximum atomic E-state index is 12.9. The Morgan fingerprint density at radius 2 is 1.93 bits per heavy atom. The van der Waals surface area contributed by atoms with Crippen molar-refractivity contribution in [3.63, 3.8) is 0 Å². The summed E-state index contributed by atoms with van der Waals surface area (Å²) in [6.45, 7) is 7.49. The average Bonchev–Trinajstić information content (AvgIpc) is 3.33. The Morgan fingerprint density at radius 3 is 2.66 bits per heavy atom. The van der Waals surface area contributed by atoms with Gasteiger partial charge in [-0.05, 0) is 37.3 Å². The molecule has 3 heterocycles. The Bertz CT molecular complexity index is 1000. The quantitative estimate of drug-likeness (QED) is 0.695. The van der Waals surface area contributed by atoms with Gasteiger partial charge in [0.15, 0.2) is 11.5 Å². The Morgan fingerprint density at radius 1 is 1.17 bits per heavy atom. The first-order chi connectivity index (χ1) is 14.1. The van der Waals surface area contributed by atoms with Gasteiger partial charge in [0.25, 0.3) is 5.91 Å². The summed E-state index contributed by atoms with van der Waals surface area (Å²) in [5.74, 6) is 1.44. The molecule has 1 atom stereocenters. The van der Waals surface area contributed by atoms with Crippen LogP contribution in [0.5, 0.6) is 0 Å². The van der Waals surface area contributed by atoms with Gasteiger partial charge < -0.3 is 5.32 Å². The minimum absolute atomic E-state index is 0.143. The summed E-state index contributed by atoms with van der Waals surface area (Å²) in [7, 11) is 0. The molecule has 1 aromatic carbocycles. The van der Waals surface area contributed by atoms with E-state index in [0.29, 0.717) is 12.2 Å². The van der Waals surface area contributed by atoms with Gasteiger partial charge in [0.2, 0.25) is 0 Å². The third-order valence-corrected chi connectivity index (χ3v) is 5.50. The van der Waals surface area contributed by atoms with Crippen LogP contribution in [-0.4, -0.2) is 35.7 Å². The largest absolute Gasteiger partial charge is 0.341 e. The van der Waals surface area contributed by atoms with E-state index >= 15 is 0 Å². The second-order valence-corrected chi connectivity index (χ2v) is 7.48. The van der Waals surface area contributed by atoms with Crippen LogP contribution in [0.4, 0.5) is 0 Å². The number of aromatic nitrogens is 6. The van der Waals surface area contributed by atoms with Crippen molar-refractivity contribution in [3.05, 3.63) is 58.4 Å². The topological polar surface area (TPSA) is 90.5 Å². The van der Waals surface area contributed by atoms with Crippen molar-refractivity contribution >= 4 is 5.91 Å². The maximum absolute atomic E-state index is 12.9. The molecule has 0 radical (unpaired) electrons. The van der Waals surface area contributed by atoms with E-state index in [1.165, 1.54) is 5.56 Å². The summed E-state index contributed by atoms with van der Waals surface area (Å²) in [6.07, 6.45) is 3.61. The van der Waals surface area contributed by atoms with Crippen molar-refractivity contribution < 1.29 is 4.79 Å². The number of carbonyl (C=O) groups excluding carboxylic acids is 1. The zero-order valence-electron chi connectivity index (χ0n) is 17.2. The van der Waals surface area contributed by atoms with Crippen LogP contribution in [-0.2, 0) is 25.9 Å². The Labute approximate surface area is 170 Å². The van der Waals surface area contributed by atoms with Crippen molar-refractivity contribution in [3.8, 4) is 0 Å². The van der Waals surface area contributed by atoms with Crippen LogP contribution < -0.4 is 5.32 Å². The molecule has 1 amide bonds. The van der Waals surface area contributed by atoms with E-state index in [1.54, 1.807) is 4.68 Å². The monoisotopic (exact) mass is 393 g/mol. The smallest absolute Gasteiger partial charge is 0.274 e. The van der Waals surface area contributed by atoms with Crippen LogP contribution in [0.1, 0.15) is 71.7 Å². The number of hydrogen-bond acceptors (Lipinski definition) is 5. The lowest BCUT2D eigenvalue weighted by molar-refractivity contribution is 0.0921. The molecule has 1 aliphatic heterocycles. The van der Waals surface area contributed by atoms with Gasteiger partial charge in [0, 0.05) is 13.0 Å². The van der Waals surface area contributed by atoms with Gasteiger partial charge in [0.05, 0.1) is 18.3 Å². The molecular formula is C21H27N7O. The van der Waals surface area contributed by atoms with Gasteiger partial charge in [-0.2, -0.15) is 5.10 Å². The number of nitrogens with zero attached hydrogens (tertiary/aromatic N) is 6. The molecule has 4 rings (SSSR count). The third-order valence-electron chi connectivity index (χ3n) is 5.50. The molecule has 0 saturated carbocycles. The Kier molecular flexibility index (Phi) is 5.42. The SMILES string of the molecule is CCc1ccc(Cn2nnc(C(=O)NC3CCCn4nc(CC)nc43)c2C)cc1. The van der Waals surface area contributed by atoms with Gasteiger partial charge in [-0.1, -0.05) is 43.3 Å². The predicted molar refractivity (Wildman–Crippen MR) is 109 cm³/mol. The molecule has 1 unspecified atom stereocenters. The number of hydrogen-bond donors (Lipinski definition) is 1. The molecule has 29 heavy (non-hydrogen) atoms. The van der Waals surface area contributed by atoms with Crippen LogP contribution in [0.15, 0.2) is 24.3 Å². The van der Waals surface area contributed by atoms with E-state index in [1.807, 2.05) is 18.5 Å². The first-order valence-corrected chi connectivity index (χ1v) is 10.3. The fourth-order valence-electron chi connectivity index (χ4n) is 3.69. The highest BCUT2D eigenvalue weighted by Gasteiger charge is 2.27. The number of benzene rings is 1. The fraction of sp³-hybridized carbons (Fsp3) is 0.476. The molecule has 0 aliphatic carbocycles. The second-order valence-electron chi connectivity index (χ2n) is 7.48. The summed E-state index contributed by atoms with van der Waals surface area (Å²) in [5.41, 5.74) is 3.56. The van der Waals surface area contributed by atoms with E-state index in [0.717, 1.165) is 55.1 Å². The van der Waals surface area contributed by atoms with Crippen molar-refractivity contribution in [2.24, 2.45) is 0 Å². The summed E-state index contributed by atoms with van der Waals surface area (Å²) in [4.78, 5) is 17.5. The lowest BCUT2D eigenvalue weighted by Gasteiger charge is -2.22. The fourth-order valence-corrected chi connectivity index (χ4v) is 3.69. The summed E-state index contributed by atoms with van der Waals surface area (Å²) in [6, 6.07) is 8.30. The summed E-state index contributed by atoms with van der Waals surface area (Å²) in [5, 5.41) is 15.9. The number of fused-ring (bicyclic) bond motifs is 1. The summed E-state index contributed by atoms with van der Waals surface area (Å²) >= 11 is 0. The normalized spacial score (nSPS) is 15.9. The van der Waals surface area contributed by atoms with Crippen LogP contribution >= 0.6 is 0 Å². The van der Waals surface area contributed by atoms with Gasteiger partial charge in [0.1, 0.15) is 5.82 Å². The van der Waals surface area contributed by atoms with Crippen molar-refractivity contribution in [1.29, 1.82) is 0 Å². The Hall–Kier alpha value is -3.03. The number of aryl methyl sites for hydroxylation is 3. The molecule has 152 valence electrons. The van der Waals surface area contributed by atoms with E-state index in [9.17, 15) is 4.79 Å². The maximum Gasteiger partial charge on any atom is 0.274 e. The van der Waals surface area contributed by atoms with Crippen molar-refractivity contribution in [2.75, 3.05) is 0 Å². The zero-order chi connectivity index (χ0) is 20.4. The van der Waals surface area contributed by atoms with Gasteiger partial charge >= 0.3 is 0 Å². The number of carbonyl (C=O) groups is 1. The average molecular weight is 393 g/mol. The minimum Gasteiger partial charge on any atom is -0.341 e. The molecule has 8 nitrogen and oxygen atoms in total. The molecule has 1 N–H and O–H groups in total. The lowest BCUT2D eigenvalue weighted by atomic mass is 10.1. The van der Waals surface area contributed by atoms with E-state index < -0.39 is 0 Å². The van der Waals surface area contributed by atoms with E-state index in [2.05, 4.69) is 56.9 Å². The number of rotatable bonds is 6. The highest BCUT2D eigenvalue weighted by Crippen LogP contribution is 2.24. The minimum atomic E-state index is -0.213. The highest BCUT2D eigenvalue weighted by atomic mass is 16.2. The molecule has 0 spiro atoms. The van der Waals surface area contributed by atoms with Gasteiger partial charge in [-0.25, -0.2) is 14.3 Å². The standard InChI is InChI=1S/C21H27N7O/c1-4-15-8-10-16(11-9-15)13-28-14(3)19(24-26-28)21(29)22-17-7-6-12-27-20(17)23-18(5-2)25-27/h8-11,17H,4-7,12-13H2,1-3H3,(H,22,29). The second kappa shape index (κ2) is 8.14. The first-order valence-electron chi connectivity index (χ1n) is 10.3. The van der Waals surface area contributed by atoms with Crippen molar-refractivity contribution in [1.82, 2.24) is 35.1 Å². The predicted octanol–water partition coefficient (Wildman–Crippen LogP) is 2.62. The van der Waals surface area contributed by atoms with Crippen molar-refractivity contribution in [2.45, 2.75) is 65.6 Å². The molecule has 8 heteroatoms. The number of nitrogens with one attached hydrogen (secondary N) is 1. The lowest BCUT2D eigenvalue weighted by Crippen LogP contribution is -2.33. The number of amides is 1. The van der Waals surface area contributed by atoms with E-state index in [-0.39, 0.29) is 11.9 Å². The molecule has 1 aliphatic rings. The highest BCUT2D eigenvalue weighted by molar-refractivity contribution is 5.93. The van der Waals surface area contributed by atoms with Crippen LogP contribution in [0, 0.1) is 6.92 Å². The van der Waals surface area contributed by atoms with Crippen LogP contribution in [0.3, 0.4) is 0 Å². The van der Waals surface area contributed by atoms with E-state index in [4.69, 9.17) is 0 Å². The molecular weight excluding hydrogens is 366 g/mol. The molecule has 0 fully saturated rings. The van der Waals surface area contributed by atoms with Crippen LogP contribution in [0.2, 0.25) is 0 Å². The molecule has 2 aromatic heterocycles. The van der Waals surface area contributed by atoms with Gasteiger partial charge in [-0.3, -0.25) is 4.79 Å². The van der Waals surface area contributed by atoms with Gasteiger partial charge in [-0.15, -0.1) is 5.10 Å². The zero-order valence-corrected chi connectivity index (χ0v) is 17.2. The first kappa shape index (κ1) is 19.3. The Balaban J connectivity index is 1.48. The molecule has 0 bridgehead atoms. The van der Waals surface area contributed by atoms with Crippen LogP contribution in [0.25, 0.3) is 0 Å². The summed E-state index contributed by atoms with van der Waals surface area (Å²) < 4.78 is 3.69. The molecule has 3 aromatic rings.